The fourth-order valence-corrected chi connectivity index (χ4v) is 4.76. The molecule has 2 aromatic heterocycles. The van der Waals surface area contributed by atoms with E-state index in [9.17, 15) is 0 Å². The maximum atomic E-state index is 2.30. The number of para-hydroxylation sites is 3. The standard InChI is InChI=1S/C23H18N2S/c1-24-21-13-7-8-14-22(21)26-23(24)19-15-16-25(17-9-3-2-4-10-17)20-12-6-5-11-18(19)20/h2-16H,1H3/q+2. The van der Waals surface area contributed by atoms with Gasteiger partial charge >= 0.3 is 0 Å². The average Bonchev–Trinajstić information content (AvgIpc) is 3.04. The van der Waals surface area contributed by atoms with Crippen molar-refractivity contribution < 1.29 is 9.13 Å². The molecule has 3 heteroatoms. The molecule has 0 radical (unpaired) electrons. The number of aromatic nitrogens is 2. The van der Waals surface area contributed by atoms with Gasteiger partial charge in [-0.2, -0.15) is 9.13 Å². The molecule has 0 amide bonds. The van der Waals surface area contributed by atoms with E-state index in [0.717, 1.165) is 0 Å². The van der Waals surface area contributed by atoms with E-state index in [2.05, 4.69) is 107 Å². The Morgan fingerprint density at radius 2 is 1.38 bits per heavy atom. The monoisotopic (exact) mass is 354 g/mol. The van der Waals surface area contributed by atoms with Crippen LogP contribution < -0.4 is 9.13 Å². The predicted molar refractivity (Wildman–Crippen MR) is 107 cm³/mol. The Hall–Kier alpha value is -3.04. The van der Waals surface area contributed by atoms with Crippen LogP contribution >= 0.6 is 11.3 Å². The molecule has 0 aliphatic rings. The number of pyridine rings is 1. The summed E-state index contributed by atoms with van der Waals surface area (Å²) >= 11 is 1.85. The van der Waals surface area contributed by atoms with Crippen molar-refractivity contribution in [3.8, 4) is 16.3 Å². The first-order valence-corrected chi connectivity index (χ1v) is 9.51. The van der Waals surface area contributed by atoms with E-state index in [4.69, 9.17) is 0 Å². The first kappa shape index (κ1) is 15.2. The molecule has 3 aromatic carbocycles. The molecule has 0 bridgehead atoms. The number of fused-ring (bicyclic) bond motifs is 2. The van der Waals surface area contributed by atoms with E-state index in [1.54, 1.807) is 0 Å². The second-order valence-electron chi connectivity index (χ2n) is 6.39. The number of aryl methyl sites for hydroxylation is 1. The molecule has 124 valence electrons. The molecule has 0 saturated carbocycles. The van der Waals surface area contributed by atoms with Gasteiger partial charge < -0.3 is 0 Å². The Bertz CT molecular complexity index is 1240. The Morgan fingerprint density at radius 3 is 2.19 bits per heavy atom. The summed E-state index contributed by atoms with van der Waals surface area (Å²) in [5, 5.41) is 2.55. The summed E-state index contributed by atoms with van der Waals surface area (Å²) in [6.45, 7) is 0. The Morgan fingerprint density at radius 1 is 0.692 bits per heavy atom. The van der Waals surface area contributed by atoms with Crippen molar-refractivity contribution >= 4 is 32.5 Å². The van der Waals surface area contributed by atoms with Crippen LogP contribution in [0.1, 0.15) is 0 Å². The van der Waals surface area contributed by atoms with E-state index < -0.39 is 0 Å². The zero-order valence-corrected chi connectivity index (χ0v) is 15.3. The lowest BCUT2D eigenvalue weighted by Crippen LogP contribution is -2.32. The highest BCUT2D eigenvalue weighted by Gasteiger charge is 2.23. The third-order valence-corrected chi connectivity index (χ3v) is 6.10. The van der Waals surface area contributed by atoms with Crippen LogP contribution in [0.15, 0.2) is 91.1 Å². The lowest BCUT2D eigenvalue weighted by molar-refractivity contribution is -0.629. The zero-order chi connectivity index (χ0) is 17.5. The third kappa shape index (κ3) is 2.32. The van der Waals surface area contributed by atoms with Crippen molar-refractivity contribution in [1.29, 1.82) is 0 Å². The third-order valence-electron chi connectivity index (χ3n) is 4.85. The van der Waals surface area contributed by atoms with Gasteiger partial charge in [-0.25, -0.2) is 0 Å². The van der Waals surface area contributed by atoms with Gasteiger partial charge in [0.15, 0.2) is 6.20 Å². The van der Waals surface area contributed by atoms with Gasteiger partial charge in [-0.1, -0.05) is 53.8 Å². The van der Waals surface area contributed by atoms with Gasteiger partial charge in [0, 0.05) is 30.3 Å². The summed E-state index contributed by atoms with van der Waals surface area (Å²) in [5.74, 6) is 0. The highest BCUT2D eigenvalue weighted by Crippen LogP contribution is 2.32. The summed E-state index contributed by atoms with van der Waals surface area (Å²) in [4.78, 5) is 0. The van der Waals surface area contributed by atoms with Gasteiger partial charge in [-0.05, 0) is 12.1 Å². The SMILES string of the molecule is C[n+]1c(-c2cc[n+](-c3ccccc3)c3ccccc23)sc2ccccc21. The number of benzene rings is 3. The van der Waals surface area contributed by atoms with Crippen molar-refractivity contribution in [2.45, 2.75) is 0 Å². The second-order valence-corrected chi connectivity index (χ2v) is 7.42. The number of rotatable bonds is 2. The zero-order valence-electron chi connectivity index (χ0n) is 14.5. The summed E-state index contributed by atoms with van der Waals surface area (Å²) in [6, 6.07) is 30.0. The van der Waals surface area contributed by atoms with Crippen molar-refractivity contribution in [2.24, 2.45) is 7.05 Å². The maximum absolute atomic E-state index is 2.30. The van der Waals surface area contributed by atoms with Crippen LogP contribution in [0.2, 0.25) is 0 Å². The highest BCUT2D eigenvalue weighted by atomic mass is 32.1. The summed E-state index contributed by atoms with van der Waals surface area (Å²) in [5.41, 5.74) is 4.94. The van der Waals surface area contributed by atoms with Gasteiger partial charge in [0.1, 0.15) is 11.7 Å². The smallest absolute Gasteiger partial charge is 0.184 e. The van der Waals surface area contributed by atoms with Gasteiger partial charge in [0.05, 0.1) is 10.9 Å². The number of hydrogen-bond acceptors (Lipinski definition) is 1. The number of thiazole rings is 1. The Labute approximate surface area is 156 Å². The molecule has 5 rings (SSSR count). The van der Waals surface area contributed by atoms with Crippen LogP contribution in [-0.2, 0) is 7.05 Å². The second kappa shape index (κ2) is 6.04. The summed E-state index contributed by atoms with van der Waals surface area (Å²) in [6.07, 6.45) is 2.18. The van der Waals surface area contributed by atoms with Gasteiger partial charge in [-0.15, -0.1) is 0 Å². The molecule has 0 atom stereocenters. The predicted octanol–water partition coefficient (Wildman–Crippen LogP) is 4.82. The molecule has 0 saturated heterocycles. The molecule has 2 nitrogen and oxygen atoms in total. The Kier molecular flexibility index (Phi) is 3.54. The van der Waals surface area contributed by atoms with Crippen molar-refractivity contribution in [1.82, 2.24) is 0 Å². The van der Waals surface area contributed by atoms with E-state index in [1.165, 1.54) is 37.4 Å². The normalized spacial score (nSPS) is 11.3. The average molecular weight is 354 g/mol. The van der Waals surface area contributed by atoms with Crippen LogP contribution in [0.4, 0.5) is 0 Å². The molecule has 0 N–H and O–H groups in total. The maximum Gasteiger partial charge on any atom is 0.270 e. The van der Waals surface area contributed by atoms with Crippen molar-refractivity contribution in [2.75, 3.05) is 0 Å². The molecular formula is C23H18N2S+2. The molecule has 0 aliphatic heterocycles. The molecule has 0 unspecified atom stereocenters. The Balaban J connectivity index is 1.81. The first-order chi connectivity index (χ1) is 12.8. The molecule has 0 fully saturated rings. The minimum Gasteiger partial charge on any atom is -0.184 e. The quantitative estimate of drug-likeness (QED) is 0.402. The van der Waals surface area contributed by atoms with Crippen LogP contribution in [0, 0.1) is 0 Å². The van der Waals surface area contributed by atoms with Crippen LogP contribution in [0.25, 0.3) is 37.4 Å². The lowest BCUT2D eigenvalue weighted by Gasteiger charge is -2.04. The van der Waals surface area contributed by atoms with Crippen LogP contribution in [0.3, 0.4) is 0 Å². The van der Waals surface area contributed by atoms with Gasteiger partial charge in [0.25, 0.3) is 5.01 Å². The fraction of sp³-hybridized carbons (Fsp3) is 0.0435. The minimum absolute atomic E-state index is 1.18. The molecule has 2 heterocycles. The molecule has 26 heavy (non-hydrogen) atoms. The minimum atomic E-state index is 1.18. The van der Waals surface area contributed by atoms with Crippen LogP contribution in [-0.4, -0.2) is 0 Å². The lowest BCUT2D eigenvalue weighted by atomic mass is 10.1. The van der Waals surface area contributed by atoms with Crippen LogP contribution in [0.5, 0.6) is 0 Å². The first-order valence-electron chi connectivity index (χ1n) is 8.70. The summed E-state index contributed by atoms with van der Waals surface area (Å²) < 4.78 is 5.87. The molecule has 5 aromatic rings. The topological polar surface area (TPSA) is 7.76 Å². The van der Waals surface area contributed by atoms with E-state index in [-0.39, 0.29) is 0 Å². The van der Waals surface area contributed by atoms with Gasteiger partial charge in [-0.3, -0.25) is 0 Å². The largest absolute Gasteiger partial charge is 0.270 e. The van der Waals surface area contributed by atoms with E-state index in [1.807, 2.05) is 11.3 Å². The van der Waals surface area contributed by atoms with Crippen molar-refractivity contribution in [3.05, 3.63) is 91.1 Å². The molecule has 0 spiro atoms. The highest BCUT2D eigenvalue weighted by molar-refractivity contribution is 7.21. The van der Waals surface area contributed by atoms with Gasteiger partial charge in [0.2, 0.25) is 16.7 Å². The number of hydrogen-bond donors (Lipinski definition) is 0. The summed E-state index contributed by atoms with van der Waals surface area (Å²) in [7, 11) is 2.15. The molecular weight excluding hydrogens is 336 g/mol. The molecule has 0 aliphatic carbocycles. The fourth-order valence-electron chi connectivity index (χ4n) is 3.57. The number of nitrogens with zero attached hydrogens (tertiary/aromatic N) is 2. The van der Waals surface area contributed by atoms with Crippen molar-refractivity contribution in [3.63, 3.8) is 0 Å². The van der Waals surface area contributed by atoms with E-state index >= 15 is 0 Å². The van der Waals surface area contributed by atoms with E-state index in [0.29, 0.717) is 0 Å².